The maximum absolute atomic E-state index is 11.7. The van der Waals surface area contributed by atoms with Crippen molar-refractivity contribution in [2.24, 2.45) is 4.99 Å². The molecule has 0 fully saturated rings. The van der Waals surface area contributed by atoms with Crippen LogP contribution in [0.4, 0.5) is 0 Å². The van der Waals surface area contributed by atoms with Gasteiger partial charge in [-0.2, -0.15) is 11.8 Å². The number of nitrogens with one attached hydrogen (secondary N) is 2. The number of hydrogen-bond donors (Lipinski definition) is 2. The zero-order valence-electron chi connectivity index (χ0n) is 15.1. The number of methoxy groups -OCH3 is 1. The molecule has 134 valence electrons. The Balaban J connectivity index is 2.67. The molecule has 1 aromatic carbocycles. The quantitative estimate of drug-likeness (QED) is 0.549. The second kappa shape index (κ2) is 10.8. The molecule has 0 saturated carbocycles. The molecule has 0 aliphatic rings. The number of carbonyl (C=O) groups is 1. The van der Waals surface area contributed by atoms with E-state index >= 15 is 0 Å². The molecule has 0 saturated heterocycles. The van der Waals surface area contributed by atoms with Gasteiger partial charge in [0, 0.05) is 25.9 Å². The van der Waals surface area contributed by atoms with Gasteiger partial charge in [-0.15, -0.1) is 0 Å². The Morgan fingerprint density at radius 3 is 2.50 bits per heavy atom. The van der Waals surface area contributed by atoms with Crippen molar-refractivity contribution in [2.75, 3.05) is 40.6 Å². The van der Waals surface area contributed by atoms with Gasteiger partial charge in [0.1, 0.15) is 5.75 Å². The molecule has 1 aromatic rings. The summed E-state index contributed by atoms with van der Waals surface area (Å²) in [6.45, 7) is 3.67. The molecule has 0 aliphatic carbocycles. The summed E-state index contributed by atoms with van der Waals surface area (Å²) in [5.41, 5.74) is 1.08. The molecule has 1 amide bonds. The largest absolute Gasteiger partial charge is 0.497 e. The van der Waals surface area contributed by atoms with Crippen molar-refractivity contribution in [3.8, 4) is 5.75 Å². The first-order valence-corrected chi connectivity index (χ1v) is 9.13. The summed E-state index contributed by atoms with van der Waals surface area (Å²) in [6, 6.07) is 7.79. The fraction of sp³-hybridized carbons (Fsp3) is 0.529. The third-order valence-electron chi connectivity index (χ3n) is 3.44. The SMILES string of the molecule is COc1ccc(CN=C(NCC(=O)N(C)C)NCC(C)SC)cc1. The van der Waals surface area contributed by atoms with Crippen LogP contribution in [0.3, 0.4) is 0 Å². The molecule has 0 heterocycles. The van der Waals surface area contributed by atoms with E-state index in [1.54, 1.807) is 37.9 Å². The summed E-state index contributed by atoms with van der Waals surface area (Å²) in [5.74, 6) is 1.47. The van der Waals surface area contributed by atoms with Crippen LogP contribution in [0.15, 0.2) is 29.3 Å². The molecule has 1 atom stereocenters. The van der Waals surface area contributed by atoms with Gasteiger partial charge in [-0.05, 0) is 24.0 Å². The van der Waals surface area contributed by atoms with E-state index < -0.39 is 0 Å². The first kappa shape index (κ1) is 20.2. The summed E-state index contributed by atoms with van der Waals surface area (Å²) in [6.07, 6.45) is 2.07. The smallest absolute Gasteiger partial charge is 0.241 e. The highest BCUT2D eigenvalue weighted by atomic mass is 32.2. The minimum absolute atomic E-state index is 0.00635. The van der Waals surface area contributed by atoms with E-state index in [9.17, 15) is 4.79 Å². The first-order chi connectivity index (χ1) is 11.5. The van der Waals surface area contributed by atoms with Gasteiger partial charge in [-0.25, -0.2) is 4.99 Å². The van der Waals surface area contributed by atoms with E-state index in [4.69, 9.17) is 4.74 Å². The Hall–Kier alpha value is -1.89. The highest BCUT2D eigenvalue weighted by Gasteiger charge is 2.07. The lowest BCUT2D eigenvalue weighted by molar-refractivity contribution is -0.127. The van der Waals surface area contributed by atoms with Gasteiger partial charge in [0.15, 0.2) is 5.96 Å². The van der Waals surface area contributed by atoms with Crippen molar-refractivity contribution in [3.63, 3.8) is 0 Å². The lowest BCUT2D eigenvalue weighted by Crippen LogP contribution is -2.44. The standard InChI is InChI=1S/C17H28N4O2S/c1-13(24-5)10-18-17(20-12-16(22)21(2)3)19-11-14-6-8-15(23-4)9-7-14/h6-9,13H,10-12H2,1-5H3,(H2,18,19,20). The third-order valence-corrected chi connectivity index (χ3v) is 4.42. The Morgan fingerprint density at radius 2 is 1.96 bits per heavy atom. The molecule has 2 N–H and O–H groups in total. The number of aliphatic imine (C=N–C) groups is 1. The highest BCUT2D eigenvalue weighted by Crippen LogP contribution is 2.11. The number of nitrogens with zero attached hydrogens (tertiary/aromatic N) is 2. The van der Waals surface area contributed by atoms with Crippen LogP contribution in [-0.4, -0.2) is 62.6 Å². The number of benzene rings is 1. The number of amides is 1. The van der Waals surface area contributed by atoms with Crippen molar-refractivity contribution in [2.45, 2.75) is 18.7 Å². The molecule has 0 bridgehead atoms. The van der Waals surface area contributed by atoms with Crippen LogP contribution in [0.1, 0.15) is 12.5 Å². The fourth-order valence-corrected chi connectivity index (χ4v) is 1.97. The van der Waals surface area contributed by atoms with Crippen molar-refractivity contribution < 1.29 is 9.53 Å². The summed E-state index contributed by atoms with van der Waals surface area (Å²) < 4.78 is 5.15. The molecule has 0 spiro atoms. The third kappa shape index (κ3) is 7.59. The Morgan fingerprint density at radius 1 is 1.29 bits per heavy atom. The van der Waals surface area contributed by atoms with Crippen LogP contribution in [0.25, 0.3) is 0 Å². The van der Waals surface area contributed by atoms with Crippen LogP contribution in [0, 0.1) is 0 Å². The van der Waals surface area contributed by atoms with Gasteiger partial charge < -0.3 is 20.3 Å². The average molecular weight is 353 g/mol. The normalized spacial score (nSPS) is 12.5. The van der Waals surface area contributed by atoms with Crippen LogP contribution in [0.2, 0.25) is 0 Å². The van der Waals surface area contributed by atoms with Gasteiger partial charge >= 0.3 is 0 Å². The zero-order chi connectivity index (χ0) is 17.9. The molecular formula is C17H28N4O2S. The molecule has 6 nitrogen and oxygen atoms in total. The van der Waals surface area contributed by atoms with Gasteiger partial charge in [0.25, 0.3) is 0 Å². The van der Waals surface area contributed by atoms with E-state index in [0.717, 1.165) is 17.9 Å². The minimum Gasteiger partial charge on any atom is -0.497 e. The van der Waals surface area contributed by atoms with Crippen molar-refractivity contribution >= 4 is 23.6 Å². The summed E-state index contributed by atoms with van der Waals surface area (Å²) in [4.78, 5) is 17.9. The highest BCUT2D eigenvalue weighted by molar-refractivity contribution is 7.99. The van der Waals surface area contributed by atoms with Crippen molar-refractivity contribution in [1.29, 1.82) is 0 Å². The lowest BCUT2D eigenvalue weighted by Gasteiger charge is -2.16. The summed E-state index contributed by atoms with van der Waals surface area (Å²) >= 11 is 1.78. The molecule has 24 heavy (non-hydrogen) atoms. The fourth-order valence-electron chi connectivity index (χ4n) is 1.72. The predicted molar refractivity (Wildman–Crippen MR) is 102 cm³/mol. The molecule has 7 heteroatoms. The second-order valence-corrected chi connectivity index (χ2v) is 6.86. The van der Waals surface area contributed by atoms with Crippen molar-refractivity contribution in [3.05, 3.63) is 29.8 Å². The topological polar surface area (TPSA) is 66.0 Å². The van der Waals surface area contributed by atoms with Gasteiger partial charge in [0.2, 0.25) is 5.91 Å². The van der Waals surface area contributed by atoms with Gasteiger partial charge in [-0.1, -0.05) is 19.1 Å². The molecular weight excluding hydrogens is 324 g/mol. The Labute approximate surface area is 149 Å². The zero-order valence-corrected chi connectivity index (χ0v) is 15.9. The molecule has 0 radical (unpaired) electrons. The summed E-state index contributed by atoms with van der Waals surface area (Å²) in [7, 11) is 5.12. The Kier molecular flexibility index (Phi) is 9.07. The number of guanidine groups is 1. The number of hydrogen-bond acceptors (Lipinski definition) is 4. The number of carbonyl (C=O) groups excluding carboxylic acids is 1. The second-order valence-electron chi connectivity index (χ2n) is 5.58. The predicted octanol–water partition coefficient (Wildman–Crippen LogP) is 1.57. The van der Waals surface area contributed by atoms with Crippen LogP contribution in [-0.2, 0) is 11.3 Å². The number of rotatable bonds is 8. The maximum Gasteiger partial charge on any atom is 0.241 e. The van der Waals surface area contributed by atoms with Gasteiger partial charge in [-0.3, -0.25) is 4.79 Å². The molecule has 0 aromatic heterocycles. The number of thioether (sulfide) groups is 1. The molecule has 1 unspecified atom stereocenters. The number of ether oxygens (including phenoxy) is 1. The van der Waals surface area contributed by atoms with E-state index in [0.29, 0.717) is 17.8 Å². The Bertz CT molecular complexity index is 532. The molecule has 0 aliphatic heterocycles. The monoisotopic (exact) mass is 352 g/mol. The minimum atomic E-state index is 0.00635. The first-order valence-electron chi connectivity index (χ1n) is 7.84. The van der Waals surface area contributed by atoms with Crippen LogP contribution >= 0.6 is 11.8 Å². The van der Waals surface area contributed by atoms with E-state index in [2.05, 4.69) is 28.8 Å². The van der Waals surface area contributed by atoms with E-state index in [-0.39, 0.29) is 12.5 Å². The lowest BCUT2D eigenvalue weighted by atomic mass is 10.2. The van der Waals surface area contributed by atoms with Gasteiger partial charge in [0.05, 0.1) is 20.2 Å². The van der Waals surface area contributed by atoms with E-state index in [1.807, 2.05) is 24.3 Å². The van der Waals surface area contributed by atoms with Crippen LogP contribution in [0.5, 0.6) is 5.75 Å². The maximum atomic E-state index is 11.7. The summed E-state index contributed by atoms with van der Waals surface area (Å²) in [5, 5.41) is 6.83. The van der Waals surface area contributed by atoms with E-state index in [1.165, 1.54) is 0 Å². The van der Waals surface area contributed by atoms with Crippen LogP contribution < -0.4 is 15.4 Å². The number of likely N-dealkylation sites (N-methyl/N-ethyl adjacent to an activating group) is 1. The average Bonchev–Trinajstić information content (AvgIpc) is 2.60. The molecule has 1 rings (SSSR count). The van der Waals surface area contributed by atoms with Crippen molar-refractivity contribution in [1.82, 2.24) is 15.5 Å².